The van der Waals surface area contributed by atoms with Gasteiger partial charge in [-0.05, 0) is 91.3 Å². The van der Waals surface area contributed by atoms with E-state index in [1.807, 2.05) is 12.3 Å². The van der Waals surface area contributed by atoms with Gasteiger partial charge in [0.05, 0.1) is 24.5 Å². The Morgan fingerprint density at radius 3 is 2.31 bits per heavy atom. The van der Waals surface area contributed by atoms with Gasteiger partial charge in [0, 0.05) is 11.5 Å². The van der Waals surface area contributed by atoms with Crippen molar-refractivity contribution >= 4 is 8.32 Å². The van der Waals surface area contributed by atoms with E-state index in [1.54, 1.807) is 13.2 Å². The second-order valence-electron chi connectivity index (χ2n) is 11.1. The van der Waals surface area contributed by atoms with E-state index in [0.717, 1.165) is 36.0 Å². The molecule has 0 aliphatic heterocycles. The highest BCUT2D eigenvalue weighted by Crippen LogP contribution is 2.63. The van der Waals surface area contributed by atoms with Crippen molar-refractivity contribution in [2.45, 2.75) is 76.4 Å². The fraction of sp³-hybridized carbons (Fsp3) is 0.680. The van der Waals surface area contributed by atoms with Crippen LogP contribution in [0.25, 0.3) is 0 Å². The normalized spacial score (nSPS) is 34.5. The number of allylic oxidation sites excluding steroid dienone is 1. The molecule has 0 saturated heterocycles. The lowest BCUT2D eigenvalue weighted by molar-refractivity contribution is 0.0423. The van der Waals surface area contributed by atoms with E-state index in [0.29, 0.717) is 11.7 Å². The summed E-state index contributed by atoms with van der Waals surface area (Å²) in [4.78, 5) is 0. The lowest BCUT2D eigenvalue weighted by Crippen LogP contribution is -2.50. The van der Waals surface area contributed by atoms with Crippen LogP contribution in [0.4, 0.5) is 0 Å². The van der Waals surface area contributed by atoms with Crippen LogP contribution in [-0.2, 0) is 10.2 Å². The second-order valence-corrected chi connectivity index (χ2v) is 15.8. The standard InChI is InChI=1S/C25H38O3Si/c1-24(2,3)29(6,7)28-22-12-20(11-21(13-22)27-5)25-14-17-8-18(15-25)10-19(9-17)23(25)16-26-4/h11-13,16-19H,8-10,14-15H2,1-7H3/i5D3. The lowest BCUT2D eigenvalue weighted by atomic mass is 9.46. The monoisotopic (exact) mass is 417 g/mol. The Morgan fingerprint density at radius 1 is 1.07 bits per heavy atom. The Kier molecular flexibility index (Phi) is 4.21. The summed E-state index contributed by atoms with van der Waals surface area (Å²) in [5.41, 5.74) is 2.37. The highest BCUT2D eigenvalue weighted by atomic mass is 28.4. The summed E-state index contributed by atoms with van der Waals surface area (Å²) < 4.78 is 40.6. The maximum absolute atomic E-state index is 7.66. The molecule has 1 aromatic rings. The van der Waals surface area contributed by atoms with Crippen LogP contribution < -0.4 is 9.16 Å². The molecule has 5 rings (SSSR count). The minimum atomic E-state index is -2.50. The van der Waals surface area contributed by atoms with Crippen LogP contribution in [0.1, 0.15) is 62.6 Å². The fourth-order valence-electron chi connectivity index (χ4n) is 6.00. The average molecular weight is 418 g/mol. The van der Waals surface area contributed by atoms with Gasteiger partial charge in [0.1, 0.15) is 11.5 Å². The van der Waals surface area contributed by atoms with Crippen LogP contribution in [0.5, 0.6) is 11.5 Å². The van der Waals surface area contributed by atoms with Crippen molar-refractivity contribution in [3.63, 3.8) is 0 Å². The molecule has 0 spiro atoms. The second kappa shape index (κ2) is 7.07. The molecule has 0 aromatic heterocycles. The SMILES string of the molecule is [2H]C([2H])([2H])Oc1cc(O[Si](C)(C)C(C)(C)C)cc(C23CC4CC(CC(C4)C2=COC)C3)c1. The molecule has 2 atom stereocenters. The number of hydrogen-bond donors (Lipinski definition) is 0. The zero-order valence-electron chi connectivity index (χ0n) is 21.8. The molecule has 4 aliphatic carbocycles. The van der Waals surface area contributed by atoms with Gasteiger partial charge < -0.3 is 13.9 Å². The van der Waals surface area contributed by atoms with Crippen molar-refractivity contribution in [1.29, 1.82) is 0 Å². The smallest absolute Gasteiger partial charge is 0.250 e. The van der Waals surface area contributed by atoms with Crippen molar-refractivity contribution in [2.24, 2.45) is 17.8 Å². The lowest BCUT2D eigenvalue weighted by Gasteiger charge is -2.58. The predicted octanol–water partition coefficient (Wildman–Crippen LogP) is 6.69. The van der Waals surface area contributed by atoms with Crippen molar-refractivity contribution in [2.75, 3.05) is 14.1 Å². The molecule has 4 aliphatic rings. The molecule has 160 valence electrons. The van der Waals surface area contributed by atoms with E-state index >= 15 is 0 Å². The van der Waals surface area contributed by atoms with Gasteiger partial charge >= 0.3 is 0 Å². The van der Waals surface area contributed by atoms with Crippen LogP contribution in [0.3, 0.4) is 0 Å². The summed E-state index contributed by atoms with van der Waals surface area (Å²) in [6.07, 6.45) is 7.95. The molecule has 4 heteroatoms. The largest absolute Gasteiger partial charge is 0.543 e. The number of methoxy groups -OCH3 is 2. The number of rotatable bonds is 5. The van der Waals surface area contributed by atoms with Crippen LogP contribution in [0, 0.1) is 17.8 Å². The maximum atomic E-state index is 7.66. The fourth-order valence-corrected chi connectivity index (χ4v) is 7.01. The van der Waals surface area contributed by atoms with E-state index < -0.39 is 15.4 Å². The quantitative estimate of drug-likeness (QED) is 0.395. The van der Waals surface area contributed by atoms with Crippen molar-refractivity contribution in [3.05, 3.63) is 35.6 Å². The Hall–Kier alpha value is -1.42. The third kappa shape index (κ3) is 3.52. The summed E-state index contributed by atoms with van der Waals surface area (Å²) >= 11 is 0. The third-order valence-corrected chi connectivity index (χ3v) is 12.5. The van der Waals surface area contributed by atoms with Gasteiger partial charge in [-0.25, -0.2) is 0 Å². The molecule has 0 N–H and O–H groups in total. The Morgan fingerprint density at radius 2 is 1.72 bits per heavy atom. The Labute approximate surface area is 182 Å². The molecular weight excluding hydrogens is 376 g/mol. The molecule has 2 unspecified atom stereocenters. The Bertz CT molecular complexity index is 887. The van der Waals surface area contributed by atoms with Gasteiger partial charge in [-0.2, -0.15) is 0 Å². The molecule has 0 amide bonds. The van der Waals surface area contributed by atoms with E-state index in [1.165, 1.54) is 24.8 Å². The van der Waals surface area contributed by atoms with E-state index in [4.69, 9.17) is 18.0 Å². The van der Waals surface area contributed by atoms with Gasteiger partial charge in [0.2, 0.25) is 8.32 Å². The highest BCUT2D eigenvalue weighted by molar-refractivity contribution is 6.74. The van der Waals surface area contributed by atoms with Gasteiger partial charge in [-0.1, -0.05) is 20.8 Å². The number of benzene rings is 1. The predicted molar refractivity (Wildman–Crippen MR) is 121 cm³/mol. The molecule has 4 saturated carbocycles. The maximum Gasteiger partial charge on any atom is 0.250 e. The van der Waals surface area contributed by atoms with Crippen LogP contribution >= 0.6 is 0 Å². The first-order chi connectivity index (χ1) is 14.7. The van der Waals surface area contributed by atoms with E-state index in [2.05, 4.69) is 39.9 Å². The first-order valence-electron chi connectivity index (χ1n) is 12.5. The summed E-state index contributed by atoms with van der Waals surface area (Å²) in [7, 11) is -2.88. The summed E-state index contributed by atoms with van der Waals surface area (Å²) in [6, 6.07) is 5.86. The summed E-state index contributed by atoms with van der Waals surface area (Å²) in [6.45, 7) is 11.1. The molecule has 1 aromatic carbocycles. The Balaban J connectivity index is 1.82. The minimum absolute atomic E-state index is 0.0376. The topological polar surface area (TPSA) is 27.7 Å². The molecular formula is C25H38O3Si. The van der Waals surface area contributed by atoms with Gasteiger partial charge in [-0.15, -0.1) is 0 Å². The molecule has 0 radical (unpaired) electrons. The van der Waals surface area contributed by atoms with Crippen molar-refractivity contribution in [3.8, 4) is 11.5 Å². The van der Waals surface area contributed by atoms with Gasteiger partial charge in [0.25, 0.3) is 0 Å². The van der Waals surface area contributed by atoms with Crippen LogP contribution in [0.2, 0.25) is 18.1 Å². The van der Waals surface area contributed by atoms with Crippen LogP contribution in [0.15, 0.2) is 30.0 Å². The van der Waals surface area contributed by atoms with Gasteiger partial charge in [0.15, 0.2) is 0 Å². The first kappa shape index (κ1) is 17.3. The van der Waals surface area contributed by atoms with Crippen molar-refractivity contribution in [1.82, 2.24) is 0 Å². The summed E-state index contributed by atoms with van der Waals surface area (Å²) in [5.74, 6) is 3.08. The third-order valence-electron chi connectivity index (χ3n) is 8.14. The zero-order chi connectivity index (χ0) is 23.5. The number of ether oxygens (including phenoxy) is 2. The minimum Gasteiger partial charge on any atom is -0.543 e. The highest BCUT2D eigenvalue weighted by Gasteiger charge is 2.55. The van der Waals surface area contributed by atoms with E-state index in [9.17, 15) is 0 Å². The molecule has 3 nitrogen and oxygen atoms in total. The average Bonchev–Trinajstić information content (AvgIpc) is 2.61. The number of hydrogen-bond acceptors (Lipinski definition) is 3. The summed E-state index contributed by atoms with van der Waals surface area (Å²) in [5, 5.41) is 0.0376. The zero-order valence-corrected chi connectivity index (χ0v) is 19.8. The molecule has 0 heterocycles. The van der Waals surface area contributed by atoms with Crippen molar-refractivity contribution < 1.29 is 18.0 Å². The molecule has 29 heavy (non-hydrogen) atoms. The molecule has 4 fully saturated rings. The van der Waals surface area contributed by atoms with E-state index in [-0.39, 0.29) is 10.5 Å². The molecule has 4 bridgehead atoms. The first-order valence-corrected chi connectivity index (χ1v) is 13.9. The van der Waals surface area contributed by atoms with Gasteiger partial charge in [-0.3, -0.25) is 0 Å². The van der Waals surface area contributed by atoms with Crippen LogP contribution in [-0.4, -0.2) is 22.5 Å².